The van der Waals surface area contributed by atoms with E-state index in [4.69, 9.17) is 4.74 Å². The summed E-state index contributed by atoms with van der Waals surface area (Å²) in [4.78, 5) is 25.1. The molecule has 0 saturated carbocycles. The molecular formula is C25H33F2N5O2S. The Morgan fingerprint density at radius 2 is 2.17 bits per heavy atom. The van der Waals surface area contributed by atoms with Gasteiger partial charge in [-0.2, -0.15) is 0 Å². The molecule has 2 N–H and O–H groups in total. The molecule has 4 rings (SSSR count). The maximum Gasteiger partial charge on any atom is 0.266 e. The number of nitrogens with zero attached hydrogens (tertiary/aromatic N) is 3. The van der Waals surface area contributed by atoms with Gasteiger partial charge in [-0.25, -0.2) is 13.5 Å². The van der Waals surface area contributed by atoms with Crippen LogP contribution in [0, 0.1) is 0 Å². The number of amides is 1. The fourth-order valence-electron chi connectivity index (χ4n) is 4.36. The van der Waals surface area contributed by atoms with Gasteiger partial charge in [0.15, 0.2) is 0 Å². The van der Waals surface area contributed by atoms with Gasteiger partial charge in [-0.05, 0) is 62.9 Å². The van der Waals surface area contributed by atoms with Gasteiger partial charge in [-0.3, -0.25) is 9.79 Å². The number of aryl methyl sites for hydroxylation is 1. The molecule has 0 atom stereocenters. The molecule has 1 aromatic heterocycles. The number of aromatic nitrogens is 1. The Morgan fingerprint density at radius 3 is 2.86 bits per heavy atom. The lowest BCUT2D eigenvalue weighted by Gasteiger charge is -2.30. The van der Waals surface area contributed by atoms with Crippen molar-refractivity contribution in [2.24, 2.45) is 4.99 Å². The predicted molar refractivity (Wildman–Crippen MR) is 137 cm³/mol. The van der Waals surface area contributed by atoms with Gasteiger partial charge < -0.3 is 19.5 Å². The van der Waals surface area contributed by atoms with Crippen molar-refractivity contribution in [3.05, 3.63) is 30.0 Å². The summed E-state index contributed by atoms with van der Waals surface area (Å²) in [5.74, 6) is -2.74. The van der Waals surface area contributed by atoms with Crippen molar-refractivity contribution < 1.29 is 18.3 Å². The average Bonchev–Trinajstić information content (AvgIpc) is 3.43. The molecule has 190 valence electrons. The first-order chi connectivity index (χ1) is 16.6. The first-order valence-corrected chi connectivity index (χ1v) is 12.6. The zero-order chi connectivity index (χ0) is 25.2. The normalized spacial score (nSPS) is 17.0. The fourth-order valence-corrected chi connectivity index (χ4v) is 5.13. The zero-order valence-corrected chi connectivity index (χ0v) is 21.5. The SMILES string of the molecule is COCCN(C)C(=O)C(C)(C)NSc1ccc(N2CCC(F)(F)C2)c(-c2cc3c([nH]2)CCC=N3)c1. The van der Waals surface area contributed by atoms with Crippen LogP contribution in [-0.2, 0) is 16.0 Å². The fraction of sp³-hybridized carbons (Fsp3) is 0.520. The van der Waals surface area contributed by atoms with E-state index in [-0.39, 0.29) is 18.9 Å². The van der Waals surface area contributed by atoms with Crippen molar-refractivity contribution >= 4 is 35.4 Å². The Bertz CT molecular complexity index is 1100. The molecule has 2 aliphatic rings. The number of aromatic amines is 1. The third kappa shape index (κ3) is 5.87. The molecule has 35 heavy (non-hydrogen) atoms. The number of H-pyrrole nitrogens is 1. The van der Waals surface area contributed by atoms with E-state index in [1.807, 2.05) is 44.3 Å². The van der Waals surface area contributed by atoms with Crippen LogP contribution in [0.5, 0.6) is 0 Å². The molecule has 3 heterocycles. The first kappa shape index (κ1) is 25.7. The monoisotopic (exact) mass is 505 g/mol. The maximum atomic E-state index is 14.0. The molecule has 2 aromatic rings. The number of carbonyl (C=O) groups is 1. The van der Waals surface area contributed by atoms with Gasteiger partial charge in [0.1, 0.15) is 5.54 Å². The van der Waals surface area contributed by atoms with Crippen molar-refractivity contribution in [3.63, 3.8) is 0 Å². The lowest BCUT2D eigenvalue weighted by molar-refractivity contribution is -0.135. The highest BCUT2D eigenvalue weighted by molar-refractivity contribution is 7.97. The summed E-state index contributed by atoms with van der Waals surface area (Å²) >= 11 is 1.35. The van der Waals surface area contributed by atoms with E-state index >= 15 is 0 Å². The molecule has 0 bridgehead atoms. The summed E-state index contributed by atoms with van der Waals surface area (Å²) in [5.41, 5.74) is 3.61. The number of benzene rings is 1. The predicted octanol–water partition coefficient (Wildman–Crippen LogP) is 4.66. The standard InChI is InChI=1S/C25H33F2N5O2S/c1-24(2,23(33)31(3)12-13-34-4)30-35-17-7-8-22(32-11-9-25(26,27)16-32)18(14-17)20-15-21-19(29-20)6-5-10-28-21/h7-8,10,14-15,29-30H,5-6,9,11-13,16H2,1-4H3. The van der Waals surface area contributed by atoms with Crippen LogP contribution in [0.25, 0.3) is 11.3 Å². The summed E-state index contributed by atoms with van der Waals surface area (Å²) in [6.07, 6.45) is 3.50. The van der Waals surface area contributed by atoms with Crippen LogP contribution >= 0.6 is 11.9 Å². The largest absolute Gasteiger partial charge is 0.383 e. The molecule has 1 aromatic carbocycles. The zero-order valence-electron chi connectivity index (χ0n) is 20.7. The molecule has 10 heteroatoms. The molecular weight excluding hydrogens is 472 g/mol. The molecule has 0 spiro atoms. The van der Waals surface area contributed by atoms with Crippen LogP contribution in [0.2, 0.25) is 0 Å². The van der Waals surface area contributed by atoms with Gasteiger partial charge in [0.25, 0.3) is 5.92 Å². The molecule has 1 fully saturated rings. The van der Waals surface area contributed by atoms with E-state index in [1.54, 1.807) is 24.0 Å². The quantitative estimate of drug-likeness (QED) is 0.485. The van der Waals surface area contributed by atoms with Crippen molar-refractivity contribution in [2.75, 3.05) is 45.3 Å². The molecule has 0 unspecified atom stereocenters. The van der Waals surface area contributed by atoms with E-state index in [0.29, 0.717) is 19.7 Å². The van der Waals surface area contributed by atoms with Crippen LogP contribution in [0.3, 0.4) is 0 Å². The number of halogens is 2. The molecule has 2 aliphatic heterocycles. The third-order valence-electron chi connectivity index (χ3n) is 6.33. The number of hydrogen-bond acceptors (Lipinski definition) is 6. The van der Waals surface area contributed by atoms with E-state index < -0.39 is 11.5 Å². The number of carbonyl (C=O) groups excluding carboxylic acids is 1. The van der Waals surface area contributed by atoms with Gasteiger partial charge in [0.2, 0.25) is 5.91 Å². The second-order valence-electron chi connectivity index (χ2n) is 9.65. The molecule has 1 saturated heterocycles. The van der Waals surface area contributed by atoms with E-state index in [9.17, 15) is 13.6 Å². The Hall–Kier alpha value is -2.43. The summed E-state index contributed by atoms with van der Waals surface area (Å²) in [6, 6.07) is 7.77. The van der Waals surface area contributed by atoms with Gasteiger partial charge in [-0.1, -0.05) is 0 Å². The smallest absolute Gasteiger partial charge is 0.266 e. The van der Waals surface area contributed by atoms with Gasteiger partial charge in [0, 0.05) is 67.4 Å². The molecule has 0 aliphatic carbocycles. The number of anilines is 1. The number of hydrogen-bond donors (Lipinski definition) is 2. The minimum Gasteiger partial charge on any atom is -0.383 e. The number of nitrogens with one attached hydrogen (secondary N) is 2. The summed E-state index contributed by atoms with van der Waals surface area (Å²) in [5, 5.41) is 0. The number of methoxy groups -OCH3 is 1. The number of alkyl halides is 2. The Morgan fingerprint density at radius 1 is 1.37 bits per heavy atom. The number of likely N-dealkylation sites (N-methyl/N-ethyl adjacent to an activating group) is 1. The number of fused-ring (bicyclic) bond motifs is 1. The molecule has 1 amide bonds. The van der Waals surface area contributed by atoms with Crippen LogP contribution in [0.4, 0.5) is 20.2 Å². The lowest BCUT2D eigenvalue weighted by Crippen LogP contribution is -2.51. The number of rotatable bonds is 9. The second kappa shape index (κ2) is 10.3. The summed E-state index contributed by atoms with van der Waals surface area (Å²) < 4.78 is 36.4. The van der Waals surface area contributed by atoms with Gasteiger partial charge >= 0.3 is 0 Å². The summed E-state index contributed by atoms with van der Waals surface area (Å²) in [7, 11) is 3.36. The Labute approximate surface area is 209 Å². The third-order valence-corrected chi connectivity index (χ3v) is 7.44. The second-order valence-corrected chi connectivity index (χ2v) is 10.5. The van der Waals surface area contributed by atoms with Crippen LogP contribution < -0.4 is 9.62 Å². The van der Waals surface area contributed by atoms with E-state index in [1.165, 1.54) is 11.9 Å². The van der Waals surface area contributed by atoms with Crippen LogP contribution in [-0.4, -0.2) is 73.9 Å². The maximum absolute atomic E-state index is 14.0. The van der Waals surface area contributed by atoms with Crippen molar-refractivity contribution in [3.8, 4) is 11.3 Å². The number of ether oxygens (including phenoxy) is 1. The Kier molecular flexibility index (Phi) is 7.54. The van der Waals surface area contributed by atoms with Crippen molar-refractivity contribution in [1.29, 1.82) is 0 Å². The first-order valence-electron chi connectivity index (χ1n) is 11.8. The van der Waals surface area contributed by atoms with Crippen LogP contribution in [0.15, 0.2) is 34.2 Å². The highest BCUT2D eigenvalue weighted by Crippen LogP contribution is 2.40. The summed E-state index contributed by atoms with van der Waals surface area (Å²) in [6.45, 7) is 4.66. The highest BCUT2D eigenvalue weighted by Gasteiger charge is 2.39. The number of aliphatic imine (C=N–C) groups is 1. The minimum atomic E-state index is -2.69. The van der Waals surface area contributed by atoms with Crippen molar-refractivity contribution in [2.45, 2.75) is 49.5 Å². The van der Waals surface area contributed by atoms with Crippen molar-refractivity contribution in [1.82, 2.24) is 14.6 Å². The van der Waals surface area contributed by atoms with E-state index in [2.05, 4.69) is 14.7 Å². The van der Waals surface area contributed by atoms with Gasteiger partial charge in [0.05, 0.1) is 18.8 Å². The highest BCUT2D eigenvalue weighted by atomic mass is 32.2. The van der Waals surface area contributed by atoms with Gasteiger partial charge in [-0.15, -0.1) is 0 Å². The molecule has 7 nitrogen and oxygen atoms in total. The molecule has 0 radical (unpaired) electrons. The Balaban J connectivity index is 1.58. The lowest BCUT2D eigenvalue weighted by atomic mass is 10.1. The average molecular weight is 506 g/mol. The van der Waals surface area contributed by atoms with E-state index in [0.717, 1.165) is 46.1 Å². The topological polar surface area (TPSA) is 73.0 Å². The van der Waals surface area contributed by atoms with Crippen LogP contribution in [0.1, 0.15) is 32.4 Å². The minimum absolute atomic E-state index is 0.0481.